The number of aromatic nitrogens is 2. The van der Waals surface area contributed by atoms with Gasteiger partial charge in [0.05, 0.1) is 24.9 Å². The molecule has 0 radical (unpaired) electrons. The summed E-state index contributed by atoms with van der Waals surface area (Å²) >= 11 is 0. The van der Waals surface area contributed by atoms with E-state index in [1.54, 1.807) is 6.20 Å². The lowest BCUT2D eigenvalue weighted by Crippen LogP contribution is -2.36. The zero-order valence-corrected chi connectivity index (χ0v) is 19.4. The number of morpholine rings is 1. The Labute approximate surface area is 199 Å². The van der Waals surface area contributed by atoms with Crippen LogP contribution in [0, 0.1) is 6.92 Å². The van der Waals surface area contributed by atoms with Gasteiger partial charge in [0.1, 0.15) is 0 Å². The number of nitrogens with zero attached hydrogens (tertiary/aromatic N) is 3. The summed E-state index contributed by atoms with van der Waals surface area (Å²) < 4.78 is 5.46. The van der Waals surface area contributed by atoms with Crippen LogP contribution in [-0.2, 0) is 9.53 Å². The molecule has 3 aromatic rings. The van der Waals surface area contributed by atoms with Crippen LogP contribution in [0.25, 0.3) is 11.3 Å². The topological polar surface area (TPSA) is 91.4 Å². The number of aryl methyl sites for hydroxylation is 1. The Morgan fingerprint density at radius 2 is 1.88 bits per heavy atom. The minimum absolute atomic E-state index is 0.0219. The molecule has 8 heteroatoms. The first-order valence-electron chi connectivity index (χ1n) is 11.8. The average molecular weight is 459 g/mol. The standard InChI is InChI=1S/C26H30N6O2/c1-18-17-21(8-9-24(18)32-13-15-34-16-14-32)30-26-28-12-10-22(31-26)19-4-6-20(7-5-19)29-25(33)23-3-2-11-27-23/h4-10,12,17,23,27H,2-3,11,13-16H2,1H3,(H,29,33)(H,28,30,31)/t23-/m0/s1. The number of ether oxygens (including phenoxy) is 1. The van der Waals surface area contributed by atoms with Gasteiger partial charge in [0, 0.05) is 41.9 Å². The molecule has 2 aromatic carbocycles. The highest BCUT2D eigenvalue weighted by Crippen LogP contribution is 2.26. The van der Waals surface area contributed by atoms with Crippen molar-refractivity contribution in [3.63, 3.8) is 0 Å². The Hall–Kier alpha value is -3.49. The fourth-order valence-corrected chi connectivity index (χ4v) is 4.46. The quantitative estimate of drug-likeness (QED) is 0.519. The molecule has 176 valence electrons. The van der Waals surface area contributed by atoms with E-state index in [4.69, 9.17) is 4.74 Å². The van der Waals surface area contributed by atoms with Gasteiger partial charge >= 0.3 is 0 Å². The number of benzene rings is 2. The Morgan fingerprint density at radius 1 is 1.09 bits per heavy atom. The largest absolute Gasteiger partial charge is 0.378 e. The number of anilines is 4. The number of carbonyl (C=O) groups excluding carboxylic acids is 1. The highest BCUT2D eigenvalue weighted by molar-refractivity contribution is 5.95. The summed E-state index contributed by atoms with van der Waals surface area (Å²) in [4.78, 5) is 23.7. The van der Waals surface area contributed by atoms with Gasteiger partial charge in [0.15, 0.2) is 0 Å². The summed E-state index contributed by atoms with van der Waals surface area (Å²) in [6.07, 6.45) is 3.68. The zero-order valence-electron chi connectivity index (χ0n) is 19.4. The minimum Gasteiger partial charge on any atom is -0.378 e. The van der Waals surface area contributed by atoms with Crippen molar-refractivity contribution in [2.75, 3.05) is 48.4 Å². The summed E-state index contributed by atoms with van der Waals surface area (Å²) in [6.45, 7) is 6.39. The van der Waals surface area contributed by atoms with E-state index in [9.17, 15) is 4.79 Å². The molecule has 1 aromatic heterocycles. The van der Waals surface area contributed by atoms with Crippen LogP contribution in [0.1, 0.15) is 18.4 Å². The van der Waals surface area contributed by atoms with Crippen LogP contribution in [0.4, 0.5) is 23.0 Å². The van der Waals surface area contributed by atoms with Crippen molar-refractivity contribution in [1.82, 2.24) is 15.3 Å². The average Bonchev–Trinajstić information content (AvgIpc) is 3.41. The Kier molecular flexibility index (Phi) is 6.69. The van der Waals surface area contributed by atoms with E-state index < -0.39 is 0 Å². The molecule has 2 saturated heterocycles. The van der Waals surface area contributed by atoms with Gasteiger partial charge in [-0.25, -0.2) is 9.97 Å². The molecule has 0 saturated carbocycles. The lowest BCUT2D eigenvalue weighted by Gasteiger charge is -2.30. The molecule has 0 unspecified atom stereocenters. The maximum absolute atomic E-state index is 12.3. The predicted molar refractivity (Wildman–Crippen MR) is 135 cm³/mol. The van der Waals surface area contributed by atoms with Crippen LogP contribution < -0.4 is 20.9 Å². The molecule has 8 nitrogen and oxygen atoms in total. The molecule has 3 heterocycles. The van der Waals surface area contributed by atoms with E-state index in [1.807, 2.05) is 30.3 Å². The predicted octanol–water partition coefficient (Wildman–Crippen LogP) is 3.72. The van der Waals surface area contributed by atoms with Gasteiger partial charge in [-0.2, -0.15) is 0 Å². The Balaban J connectivity index is 1.25. The summed E-state index contributed by atoms with van der Waals surface area (Å²) in [7, 11) is 0. The molecule has 1 atom stereocenters. The van der Waals surface area contributed by atoms with Gasteiger partial charge in [-0.15, -0.1) is 0 Å². The van der Waals surface area contributed by atoms with Gasteiger partial charge in [-0.05, 0) is 68.3 Å². The second-order valence-electron chi connectivity index (χ2n) is 8.71. The highest BCUT2D eigenvalue weighted by atomic mass is 16.5. The van der Waals surface area contributed by atoms with E-state index in [0.717, 1.165) is 68.3 Å². The highest BCUT2D eigenvalue weighted by Gasteiger charge is 2.21. The molecule has 5 rings (SSSR count). The fraction of sp³-hybridized carbons (Fsp3) is 0.346. The molecule has 2 aliphatic heterocycles. The Bertz CT molecular complexity index is 1140. The van der Waals surface area contributed by atoms with Gasteiger partial charge in [0.2, 0.25) is 11.9 Å². The van der Waals surface area contributed by atoms with Crippen LogP contribution in [0.5, 0.6) is 0 Å². The third-order valence-corrected chi connectivity index (χ3v) is 6.29. The first-order chi connectivity index (χ1) is 16.7. The van der Waals surface area contributed by atoms with Crippen molar-refractivity contribution in [1.29, 1.82) is 0 Å². The van der Waals surface area contributed by atoms with Crippen molar-refractivity contribution in [2.24, 2.45) is 0 Å². The maximum atomic E-state index is 12.3. The van der Waals surface area contributed by atoms with E-state index in [1.165, 1.54) is 11.3 Å². The smallest absolute Gasteiger partial charge is 0.241 e. The molecule has 0 spiro atoms. The second-order valence-corrected chi connectivity index (χ2v) is 8.71. The molecule has 2 fully saturated rings. The molecule has 0 bridgehead atoms. The molecular weight excluding hydrogens is 428 g/mol. The lowest BCUT2D eigenvalue weighted by molar-refractivity contribution is -0.117. The number of hydrogen-bond donors (Lipinski definition) is 3. The molecule has 0 aliphatic carbocycles. The van der Waals surface area contributed by atoms with Crippen molar-refractivity contribution >= 4 is 28.9 Å². The summed E-state index contributed by atoms with van der Waals surface area (Å²) in [5.74, 6) is 0.564. The van der Waals surface area contributed by atoms with Crippen LogP contribution in [0.3, 0.4) is 0 Å². The van der Waals surface area contributed by atoms with Crippen LogP contribution in [-0.4, -0.2) is 54.8 Å². The van der Waals surface area contributed by atoms with Gasteiger partial charge < -0.3 is 25.6 Å². The van der Waals surface area contributed by atoms with Crippen LogP contribution in [0.15, 0.2) is 54.7 Å². The molecule has 1 amide bonds. The number of hydrogen-bond acceptors (Lipinski definition) is 7. The van der Waals surface area contributed by atoms with E-state index >= 15 is 0 Å². The van der Waals surface area contributed by atoms with Gasteiger partial charge in [0.25, 0.3) is 0 Å². The number of nitrogens with one attached hydrogen (secondary N) is 3. The van der Waals surface area contributed by atoms with Crippen molar-refractivity contribution in [3.05, 3.63) is 60.3 Å². The number of rotatable bonds is 6. The van der Waals surface area contributed by atoms with Gasteiger partial charge in [-0.1, -0.05) is 12.1 Å². The van der Waals surface area contributed by atoms with Gasteiger partial charge in [-0.3, -0.25) is 4.79 Å². The SMILES string of the molecule is Cc1cc(Nc2nccc(-c3ccc(NC(=O)[C@@H]4CCCN4)cc3)n2)ccc1N1CCOCC1. The number of amides is 1. The van der Waals surface area contributed by atoms with Crippen LogP contribution in [0.2, 0.25) is 0 Å². The second kappa shape index (κ2) is 10.2. The molecule has 2 aliphatic rings. The molecular formula is C26H30N6O2. The van der Waals surface area contributed by atoms with Crippen LogP contribution >= 0.6 is 0 Å². The lowest BCUT2D eigenvalue weighted by atomic mass is 10.1. The number of carbonyl (C=O) groups is 1. The van der Waals surface area contributed by atoms with E-state index in [0.29, 0.717) is 5.95 Å². The summed E-state index contributed by atoms with van der Waals surface area (Å²) in [5, 5.41) is 9.53. The molecule has 34 heavy (non-hydrogen) atoms. The van der Waals surface area contributed by atoms with E-state index in [-0.39, 0.29) is 11.9 Å². The van der Waals surface area contributed by atoms with Crippen molar-refractivity contribution in [3.8, 4) is 11.3 Å². The zero-order chi connectivity index (χ0) is 23.3. The first kappa shape index (κ1) is 22.3. The van der Waals surface area contributed by atoms with E-state index in [2.05, 4.69) is 55.9 Å². The maximum Gasteiger partial charge on any atom is 0.241 e. The third-order valence-electron chi connectivity index (χ3n) is 6.29. The Morgan fingerprint density at radius 3 is 2.62 bits per heavy atom. The third kappa shape index (κ3) is 5.18. The van der Waals surface area contributed by atoms with Crippen molar-refractivity contribution < 1.29 is 9.53 Å². The summed E-state index contributed by atoms with van der Waals surface area (Å²) in [5.41, 5.74) is 5.94. The summed E-state index contributed by atoms with van der Waals surface area (Å²) in [6, 6.07) is 15.9. The monoisotopic (exact) mass is 458 g/mol. The molecule has 3 N–H and O–H groups in total. The minimum atomic E-state index is -0.0956. The van der Waals surface area contributed by atoms with Crippen molar-refractivity contribution in [2.45, 2.75) is 25.8 Å². The fourth-order valence-electron chi connectivity index (χ4n) is 4.46. The normalized spacial score (nSPS) is 18.0. The first-order valence-corrected chi connectivity index (χ1v) is 11.8.